The number of hydrogen-bond donors (Lipinski definition) is 1. The fourth-order valence-electron chi connectivity index (χ4n) is 2.19. The number of methoxy groups -OCH3 is 1. The van der Waals surface area contributed by atoms with Crippen LogP contribution in [0, 0.1) is 0 Å². The number of thiophene rings is 1. The minimum Gasteiger partial charge on any atom is -0.467 e. The van der Waals surface area contributed by atoms with Crippen LogP contribution in [0.4, 0.5) is 0 Å². The maximum Gasteiger partial charge on any atom is 0.328 e. The predicted octanol–water partition coefficient (Wildman–Crippen LogP) is 1.92. The van der Waals surface area contributed by atoms with Gasteiger partial charge in [-0.15, -0.1) is 11.3 Å². The van der Waals surface area contributed by atoms with Gasteiger partial charge in [0.2, 0.25) is 0 Å². The van der Waals surface area contributed by atoms with Gasteiger partial charge in [0.15, 0.2) is 0 Å². The van der Waals surface area contributed by atoms with Gasteiger partial charge < -0.3 is 10.1 Å². The van der Waals surface area contributed by atoms with Gasteiger partial charge in [-0.25, -0.2) is 4.79 Å². The number of ether oxygens (including phenoxy) is 1. The molecule has 1 atom stereocenters. The number of amides is 1. The molecule has 1 aromatic rings. The lowest BCUT2D eigenvalue weighted by Crippen LogP contribution is -2.39. The van der Waals surface area contributed by atoms with Crippen LogP contribution in [-0.4, -0.2) is 25.0 Å². The number of esters is 1. The average molecular weight is 267 g/mol. The summed E-state index contributed by atoms with van der Waals surface area (Å²) in [5, 5.41) is 4.57. The Kier molecular flexibility index (Phi) is 4.01. The quantitative estimate of drug-likeness (QED) is 0.851. The second-order valence-electron chi connectivity index (χ2n) is 4.48. The van der Waals surface area contributed by atoms with E-state index >= 15 is 0 Å². The maximum absolute atomic E-state index is 12.1. The summed E-state index contributed by atoms with van der Waals surface area (Å²) in [7, 11) is 1.32. The van der Waals surface area contributed by atoms with Crippen molar-refractivity contribution < 1.29 is 14.3 Å². The molecule has 0 aliphatic heterocycles. The van der Waals surface area contributed by atoms with Crippen LogP contribution in [0.5, 0.6) is 0 Å². The van der Waals surface area contributed by atoms with Crippen LogP contribution in [0.3, 0.4) is 0 Å². The smallest absolute Gasteiger partial charge is 0.328 e. The highest BCUT2D eigenvalue weighted by atomic mass is 32.1. The normalized spacial score (nSPS) is 15.7. The first kappa shape index (κ1) is 13.1. The summed E-state index contributed by atoms with van der Waals surface area (Å²) in [5.41, 5.74) is 1.89. The van der Waals surface area contributed by atoms with Crippen molar-refractivity contribution in [2.75, 3.05) is 7.11 Å². The number of rotatable bonds is 3. The van der Waals surface area contributed by atoms with Crippen LogP contribution in [0.1, 0.15) is 40.6 Å². The second kappa shape index (κ2) is 5.52. The number of fused-ring (bicyclic) bond motifs is 1. The largest absolute Gasteiger partial charge is 0.467 e. The molecule has 1 N–H and O–H groups in total. The Morgan fingerprint density at radius 2 is 2.11 bits per heavy atom. The lowest BCUT2D eigenvalue weighted by Gasteiger charge is -2.14. The molecule has 0 radical (unpaired) electrons. The van der Waals surface area contributed by atoms with E-state index in [1.54, 1.807) is 18.3 Å². The molecule has 98 valence electrons. The molecule has 1 aromatic heterocycles. The van der Waals surface area contributed by atoms with E-state index in [1.165, 1.54) is 24.0 Å². The average Bonchev–Trinajstić information content (AvgIpc) is 2.81. The summed E-state index contributed by atoms with van der Waals surface area (Å²) in [6, 6.07) is -0.610. The molecule has 0 spiro atoms. The van der Waals surface area contributed by atoms with E-state index < -0.39 is 12.0 Å². The number of nitrogens with one attached hydrogen (secondary N) is 1. The molecular formula is C13H17NO3S. The van der Waals surface area contributed by atoms with Gasteiger partial charge in [-0.3, -0.25) is 4.79 Å². The Morgan fingerprint density at radius 1 is 1.39 bits per heavy atom. The van der Waals surface area contributed by atoms with Crippen LogP contribution in [0.15, 0.2) is 5.38 Å². The van der Waals surface area contributed by atoms with Crippen LogP contribution in [0.2, 0.25) is 0 Å². The van der Waals surface area contributed by atoms with Crippen molar-refractivity contribution in [3.63, 3.8) is 0 Å². The summed E-state index contributed by atoms with van der Waals surface area (Å²) >= 11 is 1.64. The highest BCUT2D eigenvalue weighted by Crippen LogP contribution is 2.30. The third-order valence-corrected chi connectivity index (χ3v) is 4.30. The summed E-state index contributed by atoms with van der Waals surface area (Å²) in [5.74, 6) is -0.597. The number of carbonyl (C=O) groups excluding carboxylic acids is 2. The van der Waals surface area contributed by atoms with E-state index in [1.807, 2.05) is 5.38 Å². The van der Waals surface area contributed by atoms with E-state index in [-0.39, 0.29) is 5.91 Å². The molecule has 0 bridgehead atoms. The summed E-state index contributed by atoms with van der Waals surface area (Å²) in [6.45, 7) is 1.63. The van der Waals surface area contributed by atoms with Gasteiger partial charge in [-0.1, -0.05) is 0 Å². The van der Waals surface area contributed by atoms with Gasteiger partial charge in [0.1, 0.15) is 6.04 Å². The third kappa shape index (κ3) is 2.56. The first-order chi connectivity index (χ1) is 8.63. The molecular weight excluding hydrogens is 250 g/mol. The molecule has 0 saturated carbocycles. The summed E-state index contributed by atoms with van der Waals surface area (Å²) < 4.78 is 4.59. The maximum atomic E-state index is 12.1. The molecule has 5 heteroatoms. The zero-order valence-electron chi connectivity index (χ0n) is 10.6. The first-order valence-corrected chi connectivity index (χ1v) is 6.99. The van der Waals surface area contributed by atoms with Crippen molar-refractivity contribution in [3.05, 3.63) is 21.4 Å². The van der Waals surface area contributed by atoms with Crippen LogP contribution < -0.4 is 5.32 Å². The standard InChI is InChI=1S/C13H17NO3S/c1-8(13(16)17-2)14-12(15)10-7-18-11-6-4-3-5-9(10)11/h7-8H,3-6H2,1-2H3,(H,14,15)/t8-/m0/s1. The topological polar surface area (TPSA) is 55.4 Å². The van der Waals surface area contributed by atoms with Crippen molar-refractivity contribution >= 4 is 23.2 Å². The van der Waals surface area contributed by atoms with E-state index in [0.29, 0.717) is 0 Å². The molecule has 18 heavy (non-hydrogen) atoms. The zero-order chi connectivity index (χ0) is 13.1. The van der Waals surface area contributed by atoms with E-state index in [0.717, 1.165) is 24.8 Å². The van der Waals surface area contributed by atoms with Gasteiger partial charge >= 0.3 is 5.97 Å². The van der Waals surface area contributed by atoms with Crippen LogP contribution >= 0.6 is 11.3 Å². The molecule has 0 saturated heterocycles. The number of carbonyl (C=O) groups is 2. The molecule has 1 aliphatic rings. The Labute approximate surface area is 110 Å². The molecule has 4 nitrogen and oxygen atoms in total. The second-order valence-corrected chi connectivity index (χ2v) is 5.44. The number of aryl methyl sites for hydroxylation is 1. The van der Waals surface area contributed by atoms with Gasteiger partial charge in [-0.2, -0.15) is 0 Å². The van der Waals surface area contributed by atoms with Gasteiger partial charge in [0, 0.05) is 10.3 Å². The Morgan fingerprint density at radius 3 is 2.83 bits per heavy atom. The van der Waals surface area contributed by atoms with E-state index in [9.17, 15) is 9.59 Å². The van der Waals surface area contributed by atoms with Crippen molar-refractivity contribution in [3.8, 4) is 0 Å². The van der Waals surface area contributed by atoms with Gasteiger partial charge in [0.25, 0.3) is 5.91 Å². The SMILES string of the molecule is COC(=O)[C@H](C)NC(=O)c1csc2c1CCCC2. The Hall–Kier alpha value is -1.36. The molecule has 2 rings (SSSR count). The first-order valence-electron chi connectivity index (χ1n) is 6.11. The third-order valence-electron chi connectivity index (χ3n) is 3.21. The van der Waals surface area contributed by atoms with Gasteiger partial charge in [0.05, 0.1) is 12.7 Å². The fraction of sp³-hybridized carbons (Fsp3) is 0.538. The molecule has 1 amide bonds. The molecule has 1 aliphatic carbocycles. The zero-order valence-corrected chi connectivity index (χ0v) is 11.4. The van der Waals surface area contributed by atoms with E-state index in [2.05, 4.69) is 10.1 Å². The highest BCUT2D eigenvalue weighted by Gasteiger charge is 2.23. The Bertz CT molecular complexity index is 467. The molecule has 0 fully saturated rings. The number of hydrogen-bond acceptors (Lipinski definition) is 4. The molecule has 1 heterocycles. The highest BCUT2D eigenvalue weighted by molar-refractivity contribution is 7.10. The van der Waals surface area contributed by atoms with Crippen molar-refractivity contribution in [2.24, 2.45) is 0 Å². The van der Waals surface area contributed by atoms with Gasteiger partial charge in [-0.05, 0) is 38.2 Å². The Balaban J connectivity index is 2.10. The van der Waals surface area contributed by atoms with E-state index in [4.69, 9.17) is 0 Å². The lowest BCUT2D eigenvalue weighted by molar-refractivity contribution is -0.142. The minimum absolute atomic E-state index is 0.174. The summed E-state index contributed by atoms with van der Waals surface area (Å²) in [4.78, 5) is 24.7. The van der Waals surface area contributed by atoms with Crippen molar-refractivity contribution in [2.45, 2.75) is 38.6 Å². The fourth-order valence-corrected chi connectivity index (χ4v) is 3.32. The molecule has 0 aromatic carbocycles. The lowest BCUT2D eigenvalue weighted by atomic mass is 9.95. The minimum atomic E-state index is -0.610. The van der Waals surface area contributed by atoms with Crippen molar-refractivity contribution in [1.82, 2.24) is 5.32 Å². The van der Waals surface area contributed by atoms with Crippen LogP contribution in [0.25, 0.3) is 0 Å². The van der Waals surface area contributed by atoms with Crippen LogP contribution in [-0.2, 0) is 22.4 Å². The molecule has 0 unspecified atom stereocenters. The summed E-state index contributed by atoms with van der Waals surface area (Å²) in [6.07, 6.45) is 4.37. The van der Waals surface area contributed by atoms with Crippen molar-refractivity contribution in [1.29, 1.82) is 0 Å². The monoisotopic (exact) mass is 267 g/mol. The predicted molar refractivity (Wildman–Crippen MR) is 69.9 cm³/mol.